The van der Waals surface area contributed by atoms with Gasteiger partial charge in [-0.1, -0.05) is 42.5 Å². The number of nitrogens with one attached hydrogen (secondary N) is 2. The Kier molecular flexibility index (Phi) is 6.32. The van der Waals surface area contributed by atoms with Crippen molar-refractivity contribution < 1.29 is 9.18 Å². The molecule has 4 nitrogen and oxygen atoms in total. The van der Waals surface area contributed by atoms with Crippen LogP contribution in [-0.4, -0.2) is 31.6 Å². The number of hydrogen-bond acceptors (Lipinski definition) is 2. The monoisotopic (exact) mass is 329 g/mol. The molecule has 0 spiro atoms. The maximum absolute atomic E-state index is 13.3. The van der Waals surface area contributed by atoms with Crippen molar-refractivity contribution in [2.45, 2.75) is 19.5 Å². The number of amides is 2. The molecule has 0 aliphatic rings. The van der Waals surface area contributed by atoms with E-state index in [-0.39, 0.29) is 17.9 Å². The molecular formula is C19H24FN3O. The largest absolute Gasteiger partial charge is 0.334 e. The topological polar surface area (TPSA) is 44.4 Å². The molecule has 0 fully saturated rings. The number of urea groups is 1. The second-order valence-corrected chi connectivity index (χ2v) is 6.14. The lowest BCUT2D eigenvalue weighted by Crippen LogP contribution is -2.41. The molecule has 2 aromatic carbocycles. The van der Waals surface area contributed by atoms with E-state index in [0.717, 1.165) is 11.1 Å². The van der Waals surface area contributed by atoms with E-state index in [1.807, 2.05) is 49.3 Å². The van der Waals surface area contributed by atoms with Crippen LogP contribution in [0.3, 0.4) is 0 Å². The van der Waals surface area contributed by atoms with Crippen molar-refractivity contribution in [3.63, 3.8) is 0 Å². The molecule has 2 rings (SSSR count). The number of carbonyl (C=O) groups is 1. The Balaban J connectivity index is 1.96. The van der Waals surface area contributed by atoms with Crippen LogP contribution in [0, 0.1) is 12.7 Å². The molecule has 2 aromatic rings. The van der Waals surface area contributed by atoms with Crippen LogP contribution in [0.4, 0.5) is 9.18 Å². The summed E-state index contributed by atoms with van der Waals surface area (Å²) in [6, 6.07) is 14.4. The van der Waals surface area contributed by atoms with Crippen molar-refractivity contribution in [1.29, 1.82) is 0 Å². The smallest absolute Gasteiger partial charge is 0.315 e. The number of carbonyl (C=O) groups excluding carboxylic acids is 1. The van der Waals surface area contributed by atoms with E-state index in [0.29, 0.717) is 18.7 Å². The Morgan fingerprint density at radius 1 is 1.17 bits per heavy atom. The molecule has 128 valence electrons. The van der Waals surface area contributed by atoms with E-state index in [4.69, 9.17) is 0 Å². The molecule has 0 saturated carbocycles. The molecule has 0 bridgehead atoms. The van der Waals surface area contributed by atoms with Crippen LogP contribution in [0.15, 0.2) is 48.5 Å². The highest BCUT2D eigenvalue weighted by Gasteiger charge is 2.15. The number of nitrogens with zero attached hydrogens (tertiary/aromatic N) is 1. The van der Waals surface area contributed by atoms with E-state index in [9.17, 15) is 9.18 Å². The summed E-state index contributed by atoms with van der Waals surface area (Å²) < 4.78 is 13.3. The first-order valence-electron chi connectivity index (χ1n) is 7.95. The highest BCUT2D eigenvalue weighted by Crippen LogP contribution is 2.13. The summed E-state index contributed by atoms with van der Waals surface area (Å²) in [4.78, 5) is 14.2. The number of benzene rings is 2. The quantitative estimate of drug-likeness (QED) is 0.854. The van der Waals surface area contributed by atoms with Gasteiger partial charge in [0.2, 0.25) is 0 Å². The Bertz CT molecular complexity index is 674. The molecule has 0 aromatic heterocycles. The van der Waals surface area contributed by atoms with Gasteiger partial charge in [-0.15, -0.1) is 0 Å². The molecule has 0 radical (unpaired) electrons. The van der Waals surface area contributed by atoms with Crippen molar-refractivity contribution in [2.75, 3.05) is 20.6 Å². The molecule has 0 aliphatic heterocycles. The fraction of sp³-hybridized carbons (Fsp3) is 0.316. The maximum Gasteiger partial charge on any atom is 0.315 e. The highest BCUT2D eigenvalue weighted by molar-refractivity contribution is 5.74. The third-order valence-electron chi connectivity index (χ3n) is 3.73. The summed E-state index contributed by atoms with van der Waals surface area (Å²) in [6.07, 6.45) is 0. The van der Waals surface area contributed by atoms with Crippen LogP contribution < -0.4 is 10.6 Å². The van der Waals surface area contributed by atoms with Crippen molar-refractivity contribution in [2.24, 2.45) is 0 Å². The van der Waals surface area contributed by atoms with Gasteiger partial charge in [0.25, 0.3) is 0 Å². The Morgan fingerprint density at radius 2 is 1.88 bits per heavy atom. The van der Waals surface area contributed by atoms with Crippen molar-refractivity contribution in [1.82, 2.24) is 15.5 Å². The van der Waals surface area contributed by atoms with Gasteiger partial charge in [0, 0.05) is 13.1 Å². The zero-order valence-corrected chi connectivity index (χ0v) is 14.3. The third kappa shape index (κ3) is 5.35. The van der Waals surface area contributed by atoms with E-state index in [1.165, 1.54) is 6.07 Å². The highest BCUT2D eigenvalue weighted by atomic mass is 19.1. The molecule has 24 heavy (non-hydrogen) atoms. The number of halogens is 1. The molecule has 0 saturated heterocycles. The maximum atomic E-state index is 13.3. The zero-order valence-electron chi connectivity index (χ0n) is 14.3. The van der Waals surface area contributed by atoms with Crippen molar-refractivity contribution in [3.05, 3.63) is 71.0 Å². The lowest BCUT2D eigenvalue weighted by atomic mass is 10.1. The Morgan fingerprint density at radius 3 is 2.50 bits per heavy atom. The summed E-state index contributed by atoms with van der Waals surface area (Å²) in [7, 11) is 3.94. The van der Waals surface area contributed by atoms with Crippen molar-refractivity contribution in [3.8, 4) is 0 Å². The van der Waals surface area contributed by atoms with Gasteiger partial charge in [-0.3, -0.25) is 0 Å². The summed E-state index contributed by atoms with van der Waals surface area (Å²) in [5.41, 5.74) is 2.50. The molecule has 1 unspecified atom stereocenters. The van der Waals surface area contributed by atoms with Gasteiger partial charge in [-0.2, -0.15) is 0 Å². The Hall–Kier alpha value is -2.40. The summed E-state index contributed by atoms with van der Waals surface area (Å²) >= 11 is 0. The predicted molar refractivity (Wildman–Crippen MR) is 94.2 cm³/mol. The van der Waals surface area contributed by atoms with E-state index < -0.39 is 0 Å². The summed E-state index contributed by atoms with van der Waals surface area (Å²) in [5.74, 6) is -0.238. The van der Waals surface area contributed by atoms with Crippen molar-refractivity contribution >= 4 is 6.03 Å². The van der Waals surface area contributed by atoms with Gasteiger partial charge in [-0.05, 0) is 43.8 Å². The number of hydrogen-bond donors (Lipinski definition) is 2. The minimum atomic E-state index is -0.243. The Labute approximate surface area is 142 Å². The lowest BCUT2D eigenvalue weighted by molar-refractivity contribution is 0.232. The SMILES string of the molecule is Cc1cc(CNC(=O)NC(CN(C)C)c2ccccc2)ccc1F. The number of rotatable bonds is 6. The predicted octanol–water partition coefficient (Wildman–Crippen LogP) is 3.24. The molecule has 2 amide bonds. The summed E-state index contributed by atoms with van der Waals surface area (Å²) in [5, 5.41) is 5.82. The normalized spacial score (nSPS) is 12.0. The minimum absolute atomic E-state index is 0.101. The second-order valence-electron chi connectivity index (χ2n) is 6.14. The van der Waals surface area contributed by atoms with Gasteiger partial charge in [0.15, 0.2) is 0 Å². The lowest BCUT2D eigenvalue weighted by Gasteiger charge is -2.23. The van der Waals surface area contributed by atoms with Gasteiger partial charge in [0.05, 0.1) is 6.04 Å². The van der Waals surface area contributed by atoms with Gasteiger partial charge in [-0.25, -0.2) is 9.18 Å². The van der Waals surface area contributed by atoms with E-state index in [2.05, 4.69) is 10.6 Å². The van der Waals surface area contributed by atoms with Gasteiger partial charge < -0.3 is 15.5 Å². The molecule has 5 heteroatoms. The minimum Gasteiger partial charge on any atom is -0.334 e. The first kappa shape index (κ1) is 17.9. The number of aryl methyl sites for hydroxylation is 1. The summed E-state index contributed by atoms with van der Waals surface area (Å²) in [6.45, 7) is 2.77. The van der Waals surface area contributed by atoms with Crippen LogP contribution in [0.1, 0.15) is 22.7 Å². The number of likely N-dealkylation sites (N-methyl/N-ethyl adjacent to an activating group) is 1. The average Bonchev–Trinajstić information content (AvgIpc) is 2.56. The van der Waals surface area contributed by atoms with E-state index >= 15 is 0 Å². The van der Waals surface area contributed by atoms with Gasteiger partial charge in [0.1, 0.15) is 5.82 Å². The van der Waals surface area contributed by atoms with Crippen LogP contribution >= 0.6 is 0 Å². The van der Waals surface area contributed by atoms with Crippen LogP contribution in [0.25, 0.3) is 0 Å². The fourth-order valence-electron chi connectivity index (χ4n) is 2.49. The zero-order chi connectivity index (χ0) is 17.5. The molecule has 2 N–H and O–H groups in total. The van der Waals surface area contributed by atoms with Gasteiger partial charge >= 0.3 is 6.03 Å². The van der Waals surface area contributed by atoms with Crippen LogP contribution in [0.2, 0.25) is 0 Å². The first-order valence-corrected chi connectivity index (χ1v) is 7.95. The van der Waals surface area contributed by atoms with Crippen LogP contribution in [0.5, 0.6) is 0 Å². The molecular weight excluding hydrogens is 305 g/mol. The van der Waals surface area contributed by atoms with E-state index in [1.54, 1.807) is 19.1 Å². The molecule has 0 heterocycles. The van der Waals surface area contributed by atoms with Crippen LogP contribution in [-0.2, 0) is 6.54 Å². The standard InChI is InChI=1S/C19H24FN3O/c1-14-11-15(9-10-17(14)20)12-21-19(24)22-18(13-23(2)3)16-7-5-4-6-8-16/h4-11,18H,12-13H2,1-3H3,(H2,21,22,24). The average molecular weight is 329 g/mol. The fourth-order valence-corrected chi connectivity index (χ4v) is 2.49. The third-order valence-corrected chi connectivity index (χ3v) is 3.73. The molecule has 1 atom stereocenters. The molecule has 0 aliphatic carbocycles. The second kappa shape index (κ2) is 8.45. The first-order chi connectivity index (χ1) is 11.5.